The van der Waals surface area contributed by atoms with Gasteiger partial charge >= 0.3 is 0 Å². The molecule has 2 N–H and O–H groups in total. The Labute approximate surface area is 128 Å². The number of carbonyl (C=O) groups excluding carboxylic acids is 1. The van der Waals surface area contributed by atoms with Crippen LogP contribution in [0.25, 0.3) is 0 Å². The first-order valence-electron chi connectivity index (χ1n) is 6.94. The van der Waals surface area contributed by atoms with Crippen molar-refractivity contribution in [3.8, 4) is 0 Å². The van der Waals surface area contributed by atoms with Gasteiger partial charge in [0.15, 0.2) is 5.78 Å². The van der Waals surface area contributed by atoms with Gasteiger partial charge in [-0.1, -0.05) is 37.3 Å². The Bertz CT molecular complexity index is 360. The van der Waals surface area contributed by atoms with E-state index in [4.69, 9.17) is 10.2 Å². The van der Waals surface area contributed by atoms with Crippen LogP contribution in [0.15, 0.2) is 30.3 Å². The number of hydrogen-bond acceptors (Lipinski definition) is 4. The molecule has 21 heavy (non-hydrogen) atoms. The fourth-order valence-electron chi connectivity index (χ4n) is 0.828. The lowest BCUT2D eigenvalue weighted by atomic mass is 9.90. The van der Waals surface area contributed by atoms with E-state index in [0.29, 0.717) is 6.42 Å². The van der Waals surface area contributed by atoms with E-state index in [1.165, 1.54) is 0 Å². The molecule has 1 rings (SSSR count). The Hall–Kier alpha value is -1.23. The van der Waals surface area contributed by atoms with Crippen LogP contribution in [-0.4, -0.2) is 41.4 Å². The maximum absolute atomic E-state index is 11.0. The third-order valence-electron chi connectivity index (χ3n) is 2.91. The predicted octanol–water partition coefficient (Wildman–Crippen LogP) is 3.07. The van der Waals surface area contributed by atoms with Crippen molar-refractivity contribution < 1.29 is 19.7 Å². The van der Waals surface area contributed by atoms with E-state index in [2.05, 4.69) is 4.74 Å². The summed E-state index contributed by atoms with van der Waals surface area (Å²) in [6.07, 6.45) is 0.587. The first-order valence-corrected chi connectivity index (χ1v) is 6.94. The topological polar surface area (TPSA) is 66.8 Å². The summed E-state index contributed by atoms with van der Waals surface area (Å²) in [4.78, 5) is 11.0. The van der Waals surface area contributed by atoms with Crippen molar-refractivity contribution in [3.05, 3.63) is 35.9 Å². The van der Waals surface area contributed by atoms with Crippen molar-refractivity contribution in [3.63, 3.8) is 0 Å². The zero-order valence-corrected chi connectivity index (χ0v) is 14.3. The van der Waals surface area contributed by atoms with Gasteiger partial charge in [0.25, 0.3) is 0 Å². The first-order chi connectivity index (χ1) is 9.51. The third-order valence-corrected chi connectivity index (χ3v) is 2.91. The Morgan fingerprint density at radius 1 is 1.00 bits per heavy atom. The van der Waals surface area contributed by atoms with Gasteiger partial charge in [-0.2, -0.15) is 0 Å². The van der Waals surface area contributed by atoms with Gasteiger partial charge in [-0.05, 0) is 27.7 Å². The predicted molar refractivity (Wildman–Crippen MR) is 86.6 cm³/mol. The molecule has 0 fully saturated rings. The molecule has 0 bridgehead atoms. The average molecular weight is 298 g/mol. The van der Waals surface area contributed by atoms with Gasteiger partial charge in [0, 0.05) is 26.2 Å². The Morgan fingerprint density at radius 3 is 1.57 bits per heavy atom. The van der Waals surface area contributed by atoms with Crippen LogP contribution in [0.5, 0.6) is 0 Å². The second-order valence-corrected chi connectivity index (χ2v) is 5.67. The summed E-state index contributed by atoms with van der Waals surface area (Å²) in [7, 11) is 3.25. The summed E-state index contributed by atoms with van der Waals surface area (Å²) in [6.45, 7) is 8.18. The molecule has 0 saturated carbocycles. The molecule has 0 aliphatic rings. The van der Waals surface area contributed by atoms with Crippen LogP contribution in [0.1, 0.15) is 51.4 Å². The van der Waals surface area contributed by atoms with Crippen LogP contribution >= 0.6 is 0 Å². The van der Waals surface area contributed by atoms with Crippen molar-refractivity contribution in [1.29, 1.82) is 0 Å². The van der Waals surface area contributed by atoms with Crippen molar-refractivity contribution in [2.75, 3.05) is 14.2 Å². The molecule has 1 aromatic carbocycles. The Kier molecular flexibility index (Phi) is 11.0. The largest absolute Gasteiger partial charge is 0.388 e. The van der Waals surface area contributed by atoms with E-state index in [-0.39, 0.29) is 5.78 Å². The van der Waals surface area contributed by atoms with E-state index < -0.39 is 11.2 Å². The number of rotatable bonds is 3. The number of carbonyl (C=O) groups is 1. The summed E-state index contributed by atoms with van der Waals surface area (Å²) in [5.74, 6) is 0.209. The zero-order valence-electron chi connectivity index (χ0n) is 14.3. The maximum Gasteiger partial charge on any atom is 0.162 e. The van der Waals surface area contributed by atoms with E-state index in [9.17, 15) is 4.79 Å². The van der Waals surface area contributed by atoms with Gasteiger partial charge in [-0.3, -0.25) is 4.79 Å². The highest BCUT2D eigenvalue weighted by Crippen LogP contribution is 2.19. The lowest BCUT2D eigenvalue weighted by Gasteiger charge is -2.31. The van der Waals surface area contributed by atoms with Crippen LogP contribution in [0, 0.1) is 0 Å². The van der Waals surface area contributed by atoms with Gasteiger partial charge in [-0.25, -0.2) is 0 Å². The molecule has 4 heteroatoms. The number of ketones is 1. The second-order valence-electron chi connectivity index (χ2n) is 5.67. The number of Topliss-reactive ketones (excluding diaryl/α,β-unsaturated/α-hetero) is 1. The highest BCUT2D eigenvalue weighted by molar-refractivity contribution is 5.95. The minimum absolute atomic E-state index is 0.209. The monoisotopic (exact) mass is 298 g/mol. The molecule has 4 nitrogen and oxygen atoms in total. The molecule has 0 atom stereocenters. The highest BCUT2D eigenvalue weighted by atomic mass is 16.4. The number of ether oxygens (including phenoxy) is 1. The van der Waals surface area contributed by atoms with Crippen molar-refractivity contribution in [2.24, 2.45) is 0 Å². The molecule has 0 saturated heterocycles. The lowest BCUT2D eigenvalue weighted by Crippen LogP contribution is -2.44. The molecule has 0 amide bonds. The Balaban J connectivity index is 0. The molecule has 1 aromatic rings. The van der Waals surface area contributed by atoms with Crippen molar-refractivity contribution >= 4 is 5.78 Å². The molecule has 0 aliphatic carbocycles. The minimum atomic E-state index is -1.01. The first kappa shape index (κ1) is 22.1. The zero-order chi connectivity index (χ0) is 17.1. The van der Waals surface area contributed by atoms with E-state index in [1.807, 2.05) is 37.3 Å². The van der Waals surface area contributed by atoms with Crippen LogP contribution in [0.3, 0.4) is 0 Å². The molecule has 0 aromatic heterocycles. The fraction of sp³-hybridized carbons (Fsp3) is 0.588. The Morgan fingerprint density at radius 2 is 1.33 bits per heavy atom. The van der Waals surface area contributed by atoms with E-state index >= 15 is 0 Å². The lowest BCUT2D eigenvalue weighted by molar-refractivity contribution is -0.107. The SMILES string of the molecule is CC(C)(O)C(C)(C)O.CCC(=O)c1ccccc1.COC. The summed E-state index contributed by atoms with van der Waals surface area (Å²) in [5, 5.41) is 18.2. The van der Waals surface area contributed by atoms with Crippen molar-refractivity contribution in [1.82, 2.24) is 0 Å². The van der Waals surface area contributed by atoms with E-state index in [0.717, 1.165) is 5.56 Å². The summed E-state index contributed by atoms with van der Waals surface area (Å²) in [6, 6.07) is 9.34. The highest BCUT2D eigenvalue weighted by Gasteiger charge is 2.31. The normalized spacial score (nSPS) is 10.7. The summed E-state index contributed by atoms with van der Waals surface area (Å²) < 4.78 is 4.25. The molecular formula is C17H30O4. The molecule has 122 valence electrons. The van der Waals surface area contributed by atoms with Gasteiger partial charge in [0.2, 0.25) is 0 Å². The third kappa shape index (κ3) is 11.1. The average Bonchev–Trinajstić information content (AvgIpc) is 2.38. The van der Waals surface area contributed by atoms with Gasteiger partial charge in [-0.15, -0.1) is 0 Å². The van der Waals surface area contributed by atoms with Gasteiger partial charge < -0.3 is 14.9 Å². The summed E-state index contributed by atoms with van der Waals surface area (Å²) >= 11 is 0. The number of methoxy groups -OCH3 is 1. The maximum atomic E-state index is 11.0. The van der Waals surface area contributed by atoms with Crippen LogP contribution < -0.4 is 0 Å². The molecule has 0 aliphatic heterocycles. The van der Waals surface area contributed by atoms with Gasteiger partial charge in [0.05, 0.1) is 11.2 Å². The minimum Gasteiger partial charge on any atom is -0.388 e. The second kappa shape index (κ2) is 10.5. The van der Waals surface area contributed by atoms with Crippen molar-refractivity contribution in [2.45, 2.75) is 52.2 Å². The number of aliphatic hydroxyl groups is 2. The molecule has 0 radical (unpaired) electrons. The van der Waals surface area contributed by atoms with Crippen LogP contribution in [0.2, 0.25) is 0 Å². The van der Waals surface area contributed by atoms with E-state index in [1.54, 1.807) is 41.9 Å². The quantitative estimate of drug-likeness (QED) is 0.842. The molecule has 0 heterocycles. The number of hydrogen-bond donors (Lipinski definition) is 2. The fourth-order valence-corrected chi connectivity index (χ4v) is 0.828. The van der Waals surface area contributed by atoms with Crippen LogP contribution in [-0.2, 0) is 4.74 Å². The van der Waals surface area contributed by atoms with Gasteiger partial charge in [0.1, 0.15) is 0 Å². The molecule has 0 spiro atoms. The standard InChI is InChI=1S/C9H10O.C6H14O2.C2H6O/c1-2-9(10)8-6-4-3-5-7-8;1-5(2,7)6(3,4)8;1-3-2/h3-7H,2H2,1H3;7-8H,1-4H3;1-2H3. The molecular weight excluding hydrogens is 268 g/mol. The smallest absolute Gasteiger partial charge is 0.162 e. The van der Waals surface area contributed by atoms with Crippen LogP contribution in [0.4, 0.5) is 0 Å². The number of benzene rings is 1. The molecule has 0 unspecified atom stereocenters. The summed E-state index contributed by atoms with van der Waals surface area (Å²) in [5.41, 5.74) is -1.20.